The molecule has 2 N–H and O–H groups in total. The third kappa shape index (κ3) is 4.23. The molecule has 132 valence electrons. The van der Waals surface area contributed by atoms with Crippen LogP contribution in [0.3, 0.4) is 0 Å². The Labute approximate surface area is 141 Å². The molecule has 0 saturated carbocycles. The number of benzene rings is 1. The molecular formula is C17H25N3O4. The summed E-state index contributed by atoms with van der Waals surface area (Å²) in [5, 5.41) is 23.4. The molecule has 0 bridgehead atoms. The van der Waals surface area contributed by atoms with E-state index in [0.717, 1.165) is 25.9 Å². The predicted octanol–water partition coefficient (Wildman–Crippen LogP) is 2.33. The number of nitrogens with zero attached hydrogens (tertiary/aromatic N) is 2. The number of anilines is 1. The van der Waals surface area contributed by atoms with Crippen molar-refractivity contribution in [1.29, 1.82) is 0 Å². The maximum atomic E-state index is 12.3. The number of hydrogen-bond acceptors (Lipinski definition) is 5. The van der Waals surface area contributed by atoms with Crippen molar-refractivity contribution in [3.05, 3.63) is 33.9 Å². The summed E-state index contributed by atoms with van der Waals surface area (Å²) in [5.74, 6) is 0.196. The van der Waals surface area contributed by atoms with E-state index in [1.807, 2.05) is 4.90 Å². The van der Waals surface area contributed by atoms with Crippen molar-refractivity contribution in [1.82, 2.24) is 5.32 Å². The maximum absolute atomic E-state index is 12.3. The van der Waals surface area contributed by atoms with Crippen LogP contribution < -0.4 is 10.2 Å². The Morgan fingerprint density at radius 2 is 2.04 bits per heavy atom. The van der Waals surface area contributed by atoms with E-state index in [1.54, 1.807) is 26.0 Å². The quantitative estimate of drug-likeness (QED) is 0.636. The number of nitro benzene ring substituents is 1. The molecule has 0 radical (unpaired) electrons. The molecule has 1 saturated heterocycles. The van der Waals surface area contributed by atoms with Crippen LogP contribution in [-0.2, 0) is 0 Å². The molecule has 2 rings (SSSR count). The summed E-state index contributed by atoms with van der Waals surface area (Å²) in [4.78, 5) is 25.3. The van der Waals surface area contributed by atoms with Gasteiger partial charge in [-0.3, -0.25) is 14.9 Å². The Hall–Kier alpha value is -2.15. The molecule has 1 heterocycles. The lowest BCUT2D eigenvalue weighted by Crippen LogP contribution is -2.46. The highest BCUT2D eigenvalue weighted by Crippen LogP contribution is 2.32. The van der Waals surface area contributed by atoms with Gasteiger partial charge in [0.25, 0.3) is 11.6 Å². The average Bonchev–Trinajstić information content (AvgIpc) is 2.54. The summed E-state index contributed by atoms with van der Waals surface area (Å²) in [6.07, 6.45) is 2.01. The SMILES string of the molecule is CC1CCN(c2ccc(C(=O)NC(C)(C)CO)cc2[N+](=O)[O-])CC1. The number of piperidine rings is 1. The zero-order valence-corrected chi connectivity index (χ0v) is 14.4. The van der Waals surface area contributed by atoms with Crippen LogP contribution >= 0.6 is 0 Å². The molecule has 0 unspecified atom stereocenters. The summed E-state index contributed by atoms with van der Waals surface area (Å²) in [5.41, 5.74) is -0.0608. The second-order valence-electron chi connectivity index (χ2n) is 7.13. The van der Waals surface area contributed by atoms with Gasteiger partial charge in [0.1, 0.15) is 5.69 Å². The van der Waals surface area contributed by atoms with E-state index >= 15 is 0 Å². The molecule has 1 aromatic carbocycles. The molecule has 0 spiro atoms. The third-order valence-corrected chi connectivity index (χ3v) is 4.41. The highest BCUT2D eigenvalue weighted by atomic mass is 16.6. The van der Waals surface area contributed by atoms with Crippen LogP contribution in [0.1, 0.15) is 44.0 Å². The molecule has 1 aliphatic rings. The van der Waals surface area contributed by atoms with Gasteiger partial charge in [-0.25, -0.2) is 0 Å². The molecule has 7 nitrogen and oxygen atoms in total. The van der Waals surface area contributed by atoms with Crippen LogP contribution in [0, 0.1) is 16.0 Å². The Morgan fingerprint density at radius 1 is 1.42 bits per heavy atom. The predicted molar refractivity (Wildman–Crippen MR) is 92.3 cm³/mol. The van der Waals surface area contributed by atoms with E-state index in [4.69, 9.17) is 0 Å². The molecule has 0 atom stereocenters. The number of carbonyl (C=O) groups excluding carboxylic acids is 1. The average molecular weight is 335 g/mol. The summed E-state index contributed by atoms with van der Waals surface area (Å²) < 4.78 is 0. The number of amides is 1. The first kappa shape index (κ1) is 18.2. The Bertz CT molecular complexity index is 622. The highest BCUT2D eigenvalue weighted by Gasteiger charge is 2.26. The number of carbonyl (C=O) groups is 1. The molecule has 1 fully saturated rings. The minimum Gasteiger partial charge on any atom is -0.394 e. The molecular weight excluding hydrogens is 310 g/mol. The highest BCUT2D eigenvalue weighted by molar-refractivity contribution is 5.96. The van der Waals surface area contributed by atoms with E-state index in [1.165, 1.54) is 6.07 Å². The van der Waals surface area contributed by atoms with Gasteiger partial charge in [0.15, 0.2) is 0 Å². The number of aliphatic hydroxyl groups excluding tert-OH is 1. The van der Waals surface area contributed by atoms with Gasteiger partial charge in [-0.1, -0.05) is 6.92 Å². The van der Waals surface area contributed by atoms with Gasteiger partial charge in [-0.2, -0.15) is 0 Å². The molecule has 0 aromatic heterocycles. The second kappa shape index (κ2) is 7.17. The Balaban J connectivity index is 2.26. The van der Waals surface area contributed by atoms with Crippen LogP contribution in [0.2, 0.25) is 0 Å². The fourth-order valence-electron chi connectivity index (χ4n) is 2.75. The minimum atomic E-state index is -0.784. The molecule has 1 amide bonds. The standard InChI is InChI=1S/C17H25N3O4/c1-12-6-8-19(9-7-12)14-5-4-13(10-15(14)20(23)24)16(22)18-17(2,3)11-21/h4-5,10,12,21H,6-9,11H2,1-3H3,(H,18,22). The summed E-state index contributed by atoms with van der Waals surface area (Å²) in [6, 6.07) is 4.56. The lowest BCUT2D eigenvalue weighted by Gasteiger charge is -2.31. The van der Waals surface area contributed by atoms with Crippen molar-refractivity contribution in [2.45, 2.75) is 39.2 Å². The van der Waals surface area contributed by atoms with Gasteiger partial charge in [-0.15, -0.1) is 0 Å². The van der Waals surface area contributed by atoms with Gasteiger partial charge in [0.05, 0.1) is 17.1 Å². The summed E-state index contributed by atoms with van der Waals surface area (Å²) >= 11 is 0. The maximum Gasteiger partial charge on any atom is 0.293 e. The number of hydrogen-bond donors (Lipinski definition) is 2. The largest absolute Gasteiger partial charge is 0.394 e. The molecule has 7 heteroatoms. The lowest BCUT2D eigenvalue weighted by molar-refractivity contribution is -0.384. The van der Waals surface area contributed by atoms with Crippen LogP contribution in [0.15, 0.2) is 18.2 Å². The molecule has 24 heavy (non-hydrogen) atoms. The van der Waals surface area contributed by atoms with E-state index < -0.39 is 16.4 Å². The fourth-order valence-corrected chi connectivity index (χ4v) is 2.75. The molecule has 1 aliphatic heterocycles. The first-order chi connectivity index (χ1) is 11.2. The second-order valence-corrected chi connectivity index (χ2v) is 7.13. The van der Waals surface area contributed by atoms with E-state index in [9.17, 15) is 20.0 Å². The number of nitrogens with one attached hydrogen (secondary N) is 1. The summed E-state index contributed by atoms with van der Waals surface area (Å²) in [7, 11) is 0. The topological polar surface area (TPSA) is 95.7 Å². The fraction of sp³-hybridized carbons (Fsp3) is 0.588. The van der Waals surface area contributed by atoms with Crippen molar-refractivity contribution >= 4 is 17.3 Å². The summed E-state index contributed by atoms with van der Waals surface area (Å²) in [6.45, 7) is 6.90. The minimum absolute atomic E-state index is 0.0565. The normalized spacial score (nSPS) is 16.1. The van der Waals surface area contributed by atoms with E-state index in [-0.39, 0.29) is 17.9 Å². The van der Waals surface area contributed by atoms with Crippen molar-refractivity contribution in [2.75, 3.05) is 24.6 Å². The Kier molecular flexibility index (Phi) is 5.43. The lowest BCUT2D eigenvalue weighted by atomic mass is 9.98. The van der Waals surface area contributed by atoms with Gasteiger partial charge in [0, 0.05) is 24.7 Å². The van der Waals surface area contributed by atoms with E-state index in [0.29, 0.717) is 11.6 Å². The number of rotatable bonds is 5. The molecule has 1 aromatic rings. The van der Waals surface area contributed by atoms with Gasteiger partial charge >= 0.3 is 0 Å². The zero-order chi connectivity index (χ0) is 17.9. The van der Waals surface area contributed by atoms with Crippen molar-refractivity contribution in [3.8, 4) is 0 Å². The zero-order valence-electron chi connectivity index (χ0n) is 14.4. The van der Waals surface area contributed by atoms with E-state index in [2.05, 4.69) is 12.2 Å². The van der Waals surface area contributed by atoms with Crippen molar-refractivity contribution < 1.29 is 14.8 Å². The van der Waals surface area contributed by atoms with Gasteiger partial charge in [-0.05, 0) is 44.7 Å². The first-order valence-corrected chi connectivity index (χ1v) is 8.20. The van der Waals surface area contributed by atoms with Gasteiger partial charge in [0.2, 0.25) is 0 Å². The van der Waals surface area contributed by atoms with Crippen LogP contribution in [0.5, 0.6) is 0 Å². The van der Waals surface area contributed by atoms with Crippen LogP contribution in [-0.4, -0.2) is 41.2 Å². The molecule has 0 aliphatic carbocycles. The third-order valence-electron chi connectivity index (χ3n) is 4.41. The van der Waals surface area contributed by atoms with Crippen molar-refractivity contribution in [2.24, 2.45) is 5.92 Å². The smallest absolute Gasteiger partial charge is 0.293 e. The van der Waals surface area contributed by atoms with Crippen LogP contribution in [0.25, 0.3) is 0 Å². The number of nitro groups is 1. The van der Waals surface area contributed by atoms with Gasteiger partial charge < -0.3 is 15.3 Å². The van der Waals surface area contributed by atoms with Crippen LogP contribution in [0.4, 0.5) is 11.4 Å². The monoisotopic (exact) mass is 335 g/mol. The van der Waals surface area contributed by atoms with Crippen molar-refractivity contribution in [3.63, 3.8) is 0 Å². The number of aliphatic hydroxyl groups is 1. The first-order valence-electron chi connectivity index (χ1n) is 8.20. The Morgan fingerprint density at radius 3 is 2.58 bits per heavy atom.